The summed E-state index contributed by atoms with van der Waals surface area (Å²) in [5.41, 5.74) is 1.64. The first kappa shape index (κ1) is 21.0. The van der Waals surface area contributed by atoms with Gasteiger partial charge in [-0.05, 0) is 23.3 Å². The van der Waals surface area contributed by atoms with Crippen molar-refractivity contribution in [3.63, 3.8) is 0 Å². The molecule has 0 fully saturated rings. The lowest BCUT2D eigenvalue weighted by atomic mass is 10.1. The second-order valence-corrected chi connectivity index (χ2v) is 8.27. The number of aromatic nitrogens is 5. The number of H-pyrrole nitrogens is 1. The number of nitrogens with zero attached hydrogens (tertiary/aromatic N) is 4. The van der Waals surface area contributed by atoms with E-state index in [4.69, 9.17) is 11.6 Å². The van der Waals surface area contributed by atoms with Gasteiger partial charge < -0.3 is 10.3 Å². The number of fused-ring (bicyclic) bond motifs is 2. The van der Waals surface area contributed by atoms with Gasteiger partial charge >= 0.3 is 0 Å². The molecular formula is C24H21ClN6O2. The standard InChI is InChI=1S/C24H21ClN6O2/c1-2-19(30-13-18(25)11-27-30)12-26-23(32)20-10-22-24(33)28-21(14-31(22)29-20)17-8-7-15-5-3-4-6-16(15)9-17/h3-11,13-14,19H,2,12H2,1H3,(H,26,32)(H,28,33). The van der Waals surface area contributed by atoms with Crippen molar-refractivity contribution in [2.45, 2.75) is 19.4 Å². The fourth-order valence-electron chi connectivity index (χ4n) is 3.86. The highest BCUT2D eigenvalue weighted by Crippen LogP contribution is 2.22. The quantitative estimate of drug-likeness (QED) is 0.399. The number of aromatic amines is 1. The van der Waals surface area contributed by atoms with E-state index in [9.17, 15) is 9.59 Å². The van der Waals surface area contributed by atoms with Crippen LogP contribution in [0.15, 0.2) is 71.9 Å². The lowest BCUT2D eigenvalue weighted by Crippen LogP contribution is -2.31. The van der Waals surface area contributed by atoms with E-state index in [-0.39, 0.29) is 23.2 Å². The summed E-state index contributed by atoms with van der Waals surface area (Å²) < 4.78 is 3.18. The van der Waals surface area contributed by atoms with Crippen molar-refractivity contribution in [3.8, 4) is 11.3 Å². The molecule has 5 rings (SSSR count). The number of carbonyl (C=O) groups excluding carboxylic acids is 1. The van der Waals surface area contributed by atoms with Gasteiger partial charge in [-0.25, -0.2) is 4.52 Å². The predicted molar refractivity (Wildman–Crippen MR) is 128 cm³/mol. The maximum atomic E-state index is 12.7. The minimum Gasteiger partial charge on any atom is -0.348 e. The molecule has 2 aromatic carbocycles. The van der Waals surface area contributed by atoms with Crippen molar-refractivity contribution in [2.24, 2.45) is 0 Å². The Hall–Kier alpha value is -3.91. The van der Waals surface area contributed by atoms with Crippen molar-refractivity contribution >= 4 is 33.8 Å². The van der Waals surface area contributed by atoms with Crippen LogP contribution in [0.25, 0.3) is 27.5 Å². The van der Waals surface area contributed by atoms with Gasteiger partial charge in [-0.3, -0.25) is 14.3 Å². The Balaban J connectivity index is 1.40. The molecule has 9 heteroatoms. The van der Waals surface area contributed by atoms with Crippen molar-refractivity contribution < 1.29 is 4.79 Å². The zero-order chi connectivity index (χ0) is 22.9. The molecule has 0 saturated carbocycles. The van der Waals surface area contributed by atoms with Crippen LogP contribution in [-0.2, 0) is 0 Å². The fraction of sp³-hybridized carbons (Fsp3) is 0.167. The molecule has 33 heavy (non-hydrogen) atoms. The Morgan fingerprint density at radius 3 is 2.73 bits per heavy atom. The smallest absolute Gasteiger partial charge is 0.274 e. The van der Waals surface area contributed by atoms with Gasteiger partial charge in [0.15, 0.2) is 5.69 Å². The van der Waals surface area contributed by atoms with Crippen LogP contribution < -0.4 is 10.9 Å². The summed E-state index contributed by atoms with van der Waals surface area (Å²) in [5.74, 6) is -0.359. The molecule has 0 spiro atoms. The van der Waals surface area contributed by atoms with Crippen LogP contribution in [0.1, 0.15) is 29.9 Å². The first-order valence-electron chi connectivity index (χ1n) is 10.6. The topological polar surface area (TPSA) is 97.1 Å². The number of rotatable bonds is 6. The molecular weight excluding hydrogens is 440 g/mol. The number of nitrogens with one attached hydrogen (secondary N) is 2. The van der Waals surface area contributed by atoms with Crippen molar-refractivity contribution in [3.05, 3.63) is 88.2 Å². The van der Waals surface area contributed by atoms with Crippen LogP contribution in [0.3, 0.4) is 0 Å². The third-order valence-corrected chi connectivity index (χ3v) is 5.87. The third-order valence-electron chi connectivity index (χ3n) is 5.67. The highest BCUT2D eigenvalue weighted by atomic mass is 35.5. The van der Waals surface area contributed by atoms with Gasteiger partial charge in [0, 0.05) is 24.4 Å². The summed E-state index contributed by atoms with van der Waals surface area (Å²) in [7, 11) is 0. The van der Waals surface area contributed by atoms with E-state index < -0.39 is 0 Å². The lowest BCUT2D eigenvalue weighted by Gasteiger charge is -2.15. The molecule has 5 aromatic rings. The van der Waals surface area contributed by atoms with Gasteiger partial charge in [-0.2, -0.15) is 10.2 Å². The van der Waals surface area contributed by atoms with Gasteiger partial charge in [-0.1, -0.05) is 54.9 Å². The molecule has 2 N–H and O–H groups in total. The van der Waals surface area contributed by atoms with Crippen molar-refractivity contribution in [2.75, 3.05) is 6.54 Å². The zero-order valence-electron chi connectivity index (χ0n) is 17.8. The summed E-state index contributed by atoms with van der Waals surface area (Å²) in [6.45, 7) is 2.37. The normalized spacial score (nSPS) is 12.3. The Morgan fingerprint density at radius 2 is 1.97 bits per heavy atom. The lowest BCUT2D eigenvalue weighted by molar-refractivity contribution is 0.0941. The summed E-state index contributed by atoms with van der Waals surface area (Å²) in [4.78, 5) is 28.3. The Bertz CT molecular complexity index is 1530. The molecule has 3 heterocycles. The first-order chi connectivity index (χ1) is 16.0. The molecule has 1 atom stereocenters. The minimum atomic E-state index is -0.359. The van der Waals surface area contributed by atoms with Crippen LogP contribution in [0.2, 0.25) is 5.02 Å². The molecule has 0 saturated heterocycles. The number of hydrogen-bond acceptors (Lipinski definition) is 4. The van der Waals surface area contributed by atoms with Crippen LogP contribution in [-0.4, -0.2) is 36.8 Å². The number of benzene rings is 2. The average molecular weight is 461 g/mol. The van der Waals surface area contributed by atoms with E-state index in [1.165, 1.54) is 10.6 Å². The van der Waals surface area contributed by atoms with Crippen LogP contribution in [0, 0.1) is 0 Å². The first-order valence-corrected chi connectivity index (χ1v) is 11.0. The third kappa shape index (κ3) is 4.12. The summed E-state index contributed by atoms with van der Waals surface area (Å²) >= 11 is 5.95. The molecule has 0 bridgehead atoms. The minimum absolute atomic E-state index is 0.0404. The van der Waals surface area contributed by atoms with Crippen molar-refractivity contribution in [1.29, 1.82) is 0 Å². The van der Waals surface area contributed by atoms with E-state index in [0.717, 1.165) is 22.8 Å². The van der Waals surface area contributed by atoms with E-state index in [0.29, 0.717) is 22.8 Å². The molecule has 0 radical (unpaired) electrons. The monoisotopic (exact) mass is 460 g/mol. The van der Waals surface area contributed by atoms with Gasteiger partial charge in [0.05, 0.1) is 29.2 Å². The summed E-state index contributed by atoms with van der Waals surface area (Å²) in [5, 5.41) is 14.2. The zero-order valence-corrected chi connectivity index (χ0v) is 18.6. The van der Waals surface area contributed by atoms with Crippen LogP contribution >= 0.6 is 11.6 Å². The second-order valence-electron chi connectivity index (χ2n) is 7.83. The van der Waals surface area contributed by atoms with E-state index >= 15 is 0 Å². The van der Waals surface area contributed by atoms with Gasteiger partial charge in [-0.15, -0.1) is 0 Å². The molecule has 0 aliphatic rings. The van der Waals surface area contributed by atoms with Crippen LogP contribution in [0.4, 0.5) is 0 Å². The summed E-state index contributed by atoms with van der Waals surface area (Å²) in [6.07, 6.45) is 5.77. The Labute approximate surface area is 193 Å². The highest BCUT2D eigenvalue weighted by molar-refractivity contribution is 6.30. The largest absolute Gasteiger partial charge is 0.348 e. The molecule has 3 aromatic heterocycles. The SMILES string of the molecule is CCC(CNC(=O)c1cc2c(=O)[nH]c(-c3ccc4ccccc4c3)cn2n1)n1cc(Cl)cn1. The van der Waals surface area contributed by atoms with E-state index in [1.807, 2.05) is 49.4 Å². The molecule has 1 amide bonds. The van der Waals surface area contributed by atoms with Gasteiger partial charge in [0.1, 0.15) is 5.52 Å². The molecule has 8 nitrogen and oxygen atoms in total. The number of carbonyl (C=O) groups is 1. The molecule has 1 unspecified atom stereocenters. The maximum Gasteiger partial charge on any atom is 0.274 e. The highest BCUT2D eigenvalue weighted by Gasteiger charge is 2.17. The molecule has 0 aliphatic carbocycles. The number of amides is 1. The average Bonchev–Trinajstić information content (AvgIpc) is 3.46. The van der Waals surface area contributed by atoms with E-state index in [2.05, 4.69) is 20.5 Å². The predicted octanol–water partition coefficient (Wildman–Crippen LogP) is 4.07. The Kier molecular flexibility index (Phi) is 5.43. The summed E-state index contributed by atoms with van der Waals surface area (Å²) in [6, 6.07) is 15.4. The van der Waals surface area contributed by atoms with Gasteiger partial charge in [0.2, 0.25) is 0 Å². The number of hydrogen-bond donors (Lipinski definition) is 2. The van der Waals surface area contributed by atoms with Crippen molar-refractivity contribution in [1.82, 2.24) is 29.7 Å². The number of halogens is 1. The Morgan fingerprint density at radius 1 is 1.15 bits per heavy atom. The van der Waals surface area contributed by atoms with Crippen LogP contribution in [0.5, 0.6) is 0 Å². The van der Waals surface area contributed by atoms with E-state index in [1.54, 1.807) is 23.3 Å². The fourth-order valence-corrected chi connectivity index (χ4v) is 4.00. The van der Waals surface area contributed by atoms with Gasteiger partial charge in [0.25, 0.3) is 11.5 Å². The maximum absolute atomic E-state index is 12.7. The molecule has 0 aliphatic heterocycles. The molecule has 166 valence electrons. The second kappa shape index (κ2) is 8.55.